The van der Waals surface area contributed by atoms with Crippen LogP contribution in [0.25, 0.3) is 11.4 Å². The first-order valence-corrected chi connectivity index (χ1v) is 9.57. The van der Waals surface area contributed by atoms with Gasteiger partial charge < -0.3 is 9.88 Å². The van der Waals surface area contributed by atoms with Crippen molar-refractivity contribution in [3.05, 3.63) is 58.4 Å². The second-order valence-electron chi connectivity index (χ2n) is 6.12. The Morgan fingerprint density at radius 2 is 2.00 bits per heavy atom. The Kier molecular flexibility index (Phi) is 5.82. The lowest BCUT2D eigenvalue weighted by Crippen LogP contribution is -2.15. The monoisotopic (exact) mass is 404 g/mol. The molecule has 0 fully saturated rings. The Bertz CT molecular complexity index is 982. The van der Waals surface area contributed by atoms with E-state index in [1.54, 1.807) is 35.9 Å². The van der Waals surface area contributed by atoms with Crippen molar-refractivity contribution in [2.75, 3.05) is 11.1 Å². The molecule has 0 saturated heterocycles. The summed E-state index contributed by atoms with van der Waals surface area (Å²) in [5.74, 6) is -0.0307. The summed E-state index contributed by atoms with van der Waals surface area (Å²) in [6.07, 6.45) is 0. The normalized spacial score (nSPS) is 10.9. The number of carbonyl (C=O) groups excluding carboxylic acids is 1. The Balaban J connectivity index is 1.69. The van der Waals surface area contributed by atoms with Gasteiger partial charge in [0.15, 0.2) is 11.0 Å². The smallest absolute Gasteiger partial charge is 0.234 e. The van der Waals surface area contributed by atoms with Crippen molar-refractivity contribution in [3.8, 4) is 11.4 Å². The molecule has 0 radical (unpaired) electrons. The highest BCUT2D eigenvalue weighted by Crippen LogP contribution is 2.28. The first-order chi connectivity index (χ1) is 12.9. The Morgan fingerprint density at radius 1 is 1.26 bits per heavy atom. The van der Waals surface area contributed by atoms with Crippen LogP contribution >= 0.6 is 23.4 Å². The van der Waals surface area contributed by atoms with Crippen molar-refractivity contribution < 1.29 is 9.18 Å². The molecule has 0 aliphatic carbocycles. The number of nitrogens with zero attached hydrogens (tertiary/aromatic N) is 3. The van der Waals surface area contributed by atoms with Crippen molar-refractivity contribution in [1.29, 1.82) is 0 Å². The first-order valence-electron chi connectivity index (χ1n) is 8.20. The van der Waals surface area contributed by atoms with Crippen LogP contribution in [-0.2, 0) is 11.8 Å². The van der Waals surface area contributed by atoms with Gasteiger partial charge in [-0.3, -0.25) is 4.79 Å². The summed E-state index contributed by atoms with van der Waals surface area (Å²) in [5, 5.41) is 12.0. The average molecular weight is 405 g/mol. The third-order valence-corrected chi connectivity index (χ3v) is 5.30. The molecule has 3 rings (SSSR count). The van der Waals surface area contributed by atoms with Crippen LogP contribution in [0.3, 0.4) is 0 Å². The maximum Gasteiger partial charge on any atom is 0.234 e. The summed E-state index contributed by atoms with van der Waals surface area (Å²) in [4.78, 5) is 12.3. The number of halogens is 2. The number of aromatic nitrogens is 3. The van der Waals surface area contributed by atoms with Crippen LogP contribution in [-0.4, -0.2) is 26.4 Å². The number of carbonyl (C=O) groups is 1. The lowest BCUT2D eigenvalue weighted by atomic mass is 10.1. The first kappa shape index (κ1) is 19.4. The van der Waals surface area contributed by atoms with E-state index in [-0.39, 0.29) is 17.5 Å². The van der Waals surface area contributed by atoms with Crippen LogP contribution in [0.2, 0.25) is 5.02 Å². The van der Waals surface area contributed by atoms with Gasteiger partial charge in [-0.1, -0.05) is 41.6 Å². The molecule has 3 aromatic rings. The van der Waals surface area contributed by atoms with E-state index in [4.69, 9.17) is 11.6 Å². The lowest BCUT2D eigenvalue weighted by Gasteiger charge is -2.11. The van der Waals surface area contributed by atoms with E-state index in [0.717, 1.165) is 11.1 Å². The lowest BCUT2D eigenvalue weighted by molar-refractivity contribution is -0.113. The maximum absolute atomic E-state index is 14.0. The van der Waals surface area contributed by atoms with E-state index in [0.29, 0.717) is 27.3 Å². The largest absolute Gasteiger partial charge is 0.324 e. The molecule has 2 aromatic carbocycles. The molecular weight excluding hydrogens is 387 g/mol. The van der Waals surface area contributed by atoms with Gasteiger partial charge >= 0.3 is 0 Å². The number of nitrogens with one attached hydrogen (secondary N) is 1. The van der Waals surface area contributed by atoms with Gasteiger partial charge in [0.05, 0.1) is 22.0 Å². The van der Waals surface area contributed by atoms with Gasteiger partial charge in [-0.25, -0.2) is 4.39 Å². The van der Waals surface area contributed by atoms with Crippen molar-refractivity contribution in [2.45, 2.75) is 19.0 Å². The van der Waals surface area contributed by atoms with E-state index in [2.05, 4.69) is 15.5 Å². The molecule has 27 heavy (non-hydrogen) atoms. The van der Waals surface area contributed by atoms with Gasteiger partial charge in [0, 0.05) is 7.05 Å². The zero-order chi connectivity index (χ0) is 19.6. The predicted molar refractivity (Wildman–Crippen MR) is 107 cm³/mol. The van der Waals surface area contributed by atoms with Crippen LogP contribution in [0.1, 0.15) is 11.1 Å². The van der Waals surface area contributed by atoms with Crippen molar-refractivity contribution in [3.63, 3.8) is 0 Å². The SMILES string of the molecule is Cc1cc(C)c(NC(=O)CSc2nnc(-c3ccccc3F)n2C)c(Cl)c1. The fourth-order valence-corrected chi connectivity index (χ4v) is 3.78. The number of rotatable bonds is 5. The molecule has 0 atom stereocenters. The fraction of sp³-hybridized carbons (Fsp3) is 0.211. The molecular formula is C19H18ClFN4OS. The highest BCUT2D eigenvalue weighted by Gasteiger charge is 2.16. The van der Waals surface area contributed by atoms with Crippen molar-refractivity contribution >= 4 is 35.0 Å². The third kappa shape index (κ3) is 4.31. The second-order valence-corrected chi connectivity index (χ2v) is 7.47. The van der Waals surface area contributed by atoms with Crippen molar-refractivity contribution in [1.82, 2.24) is 14.8 Å². The van der Waals surface area contributed by atoms with Gasteiger partial charge in [-0.05, 0) is 43.2 Å². The number of aryl methyl sites for hydroxylation is 2. The van der Waals surface area contributed by atoms with E-state index >= 15 is 0 Å². The molecule has 1 amide bonds. The number of amides is 1. The van der Waals surface area contributed by atoms with Gasteiger partial charge in [-0.15, -0.1) is 10.2 Å². The van der Waals surface area contributed by atoms with E-state index in [9.17, 15) is 9.18 Å². The fourth-order valence-electron chi connectivity index (χ4n) is 2.70. The molecule has 0 unspecified atom stereocenters. The van der Waals surface area contributed by atoms with Crippen LogP contribution < -0.4 is 5.32 Å². The number of hydrogen-bond acceptors (Lipinski definition) is 4. The van der Waals surface area contributed by atoms with Crippen LogP contribution in [0, 0.1) is 19.7 Å². The molecule has 5 nitrogen and oxygen atoms in total. The second kappa shape index (κ2) is 8.10. The van der Waals surface area contributed by atoms with E-state index < -0.39 is 0 Å². The number of benzene rings is 2. The zero-order valence-corrected chi connectivity index (χ0v) is 16.7. The standard InChI is InChI=1S/C19H18ClFN4OS/c1-11-8-12(2)17(14(20)9-11)22-16(26)10-27-19-24-23-18(25(19)3)13-6-4-5-7-15(13)21/h4-9H,10H2,1-3H3,(H,22,26). The van der Waals surface area contributed by atoms with Gasteiger partial charge in [0.2, 0.25) is 5.91 Å². The van der Waals surface area contributed by atoms with Crippen LogP contribution in [0.4, 0.5) is 10.1 Å². The average Bonchev–Trinajstić information content (AvgIpc) is 2.97. The summed E-state index contributed by atoms with van der Waals surface area (Å²) >= 11 is 7.45. The zero-order valence-electron chi connectivity index (χ0n) is 15.1. The topological polar surface area (TPSA) is 59.8 Å². The Morgan fingerprint density at radius 3 is 2.70 bits per heavy atom. The van der Waals surface area contributed by atoms with Gasteiger partial charge in [-0.2, -0.15) is 0 Å². The minimum atomic E-state index is -0.369. The quantitative estimate of drug-likeness (QED) is 0.630. The molecule has 0 spiro atoms. The molecule has 0 bridgehead atoms. The van der Waals surface area contributed by atoms with E-state index in [1.165, 1.54) is 17.8 Å². The molecule has 0 aliphatic heterocycles. The molecule has 1 heterocycles. The Hall–Kier alpha value is -2.38. The summed E-state index contributed by atoms with van der Waals surface area (Å²) in [6.45, 7) is 3.84. The molecule has 8 heteroatoms. The van der Waals surface area contributed by atoms with Gasteiger partial charge in [0.1, 0.15) is 5.82 Å². The molecule has 0 saturated carbocycles. The highest BCUT2D eigenvalue weighted by molar-refractivity contribution is 7.99. The van der Waals surface area contributed by atoms with Gasteiger partial charge in [0.25, 0.3) is 0 Å². The van der Waals surface area contributed by atoms with E-state index in [1.807, 2.05) is 19.9 Å². The highest BCUT2D eigenvalue weighted by atomic mass is 35.5. The number of anilines is 1. The molecule has 140 valence electrons. The third-order valence-electron chi connectivity index (χ3n) is 3.98. The summed E-state index contributed by atoms with van der Waals surface area (Å²) < 4.78 is 15.6. The van der Waals surface area contributed by atoms with Crippen LogP contribution in [0.15, 0.2) is 41.6 Å². The minimum absolute atomic E-state index is 0.132. The number of hydrogen-bond donors (Lipinski definition) is 1. The predicted octanol–water partition coefficient (Wildman–Crippen LogP) is 4.62. The molecule has 1 aromatic heterocycles. The Labute approximate surface area is 166 Å². The van der Waals surface area contributed by atoms with Crippen LogP contribution in [0.5, 0.6) is 0 Å². The maximum atomic E-state index is 14.0. The number of thioether (sulfide) groups is 1. The summed E-state index contributed by atoms with van der Waals surface area (Å²) in [5.41, 5.74) is 2.91. The molecule has 0 aliphatic rings. The minimum Gasteiger partial charge on any atom is -0.324 e. The van der Waals surface area contributed by atoms with Crippen molar-refractivity contribution in [2.24, 2.45) is 7.05 Å². The molecule has 1 N–H and O–H groups in total. The summed E-state index contributed by atoms with van der Waals surface area (Å²) in [6, 6.07) is 10.1. The summed E-state index contributed by atoms with van der Waals surface area (Å²) in [7, 11) is 1.74.